The standard InChI is InChI=1S/C26H32N4O3/c1-18-11-12-23(14-19(18)2)32-17-20(3)27-26(31)22-10-7-13-30(15-22)16-24-28-25(29-33-24)21-8-5-4-6-9-21/h4-6,8-9,11-12,14,20,22H,7,10,13,15-17H2,1-3H3,(H,27,31). The summed E-state index contributed by atoms with van der Waals surface area (Å²) in [5, 5.41) is 7.21. The molecule has 2 unspecified atom stereocenters. The maximum atomic E-state index is 12.9. The van der Waals surface area contributed by atoms with E-state index in [2.05, 4.69) is 40.3 Å². The molecule has 1 saturated heterocycles. The highest BCUT2D eigenvalue weighted by Crippen LogP contribution is 2.21. The summed E-state index contributed by atoms with van der Waals surface area (Å²) in [6.45, 7) is 8.71. The van der Waals surface area contributed by atoms with Gasteiger partial charge in [-0.3, -0.25) is 9.69 Å². The largest absolute Gasteiger partial charge is 0.491 e. The Hall–Kier alpha value is -3.19. The molecule has 0 bridgehead atoms. The van der Waals surface area contributed by atoms with Crippen LogP contribution in [-0.2, 0) is 11.3 Å². The molecule has 0 radical (unpaired) electrons. The molecule has 1 N–H and O–H groups in total. The Bertz CT molecular complexity index is 1070. The zero-order valence-electron chi connectivity index (χ0n) is 19.6. The molecule has 2 atom stereocenters. The summed E-state index contributed by atoms with van der Waals surface area (Å²) in [6.07, 6.45) is 1.84. The third kappa shape index (κ3) is 6.20. The molecular weight excluding hydrogens is 416 g/mol. The van der Waals surface area contributed by atoms with Crippen molar-refractivity contribution in [2.24, 2.45) is 5.92 Å². The van der Waals surface area contributed by atoms with Gasteiger partial charge in [0.05, 0.1) is 18.5 Å². The Kier molecular flexibility index (Phi) is 7.40. The molecule has 7 heteroatoms. The van der Waals surface area contributed by atoms with Crippen molar-refractivity contribution in [1.29, 1.82) is 0 Å². The van der Waals surface area contributed by atoms with Crippen LogP contribution in [0.2, 0.25) is 0 Å². The van der Waals surface area contributed by atoms with Crippen LogP contribution in [0.3, 0.4) is 0 Å². The van der Waals surface area contributed by atoms with Crippen molar-refractivity contribution < 1.29 is 14.1 Å². The molecule has 4 rings (SSSR count). The number of hydrogen-bond donors (Lipinski definition) is 1. The number of nitrogens with zero attached hydrogens (tertiary/aromatic N) is 3. The van der Waals surface area contributed by atoms with Gasteiger partial charge in [0, 0.05) is 12.1 Å². The molecule has 174 valence electrons. The highest BCUT2D eigenvalue weighted by Gasteiger charge is 2.27. The van der Waals surface area contributed by atoms with Crippen LogP contribution in [0.15, 0.2) is 53.1 Å². The Morgan fingerprint density at radius 2 is 2.03 bits per heavy atom. The van der Waals surface area contributed by atoms with Crippen LogP contribution in [-0.4, -0.2) is 46.7 Å². The summed E-state index contributed by atoms with van der Waals surface area (Å²) in [7, 11) is 0. The van der Waals surface area contributed by atoms with Crippen molar-refractivity contribution >= 4 is 5.91 Å². The first-order valence-electron chi connectivity index (χ1n) is 11.6. The number of piperidine rings is 1. The molecule has 1 fully saturated rings. The van der Waals surface area contributed by atoms with E-state index in [1.165, 1.54) is 11.1 Å². The molecule has 1 aliphatic rings. The summed E-state index contributed by atoms with van der Waals surface area (Å²) in [4.78, 5) is 19.6. The monoisotopic (exact) mass is 448 g/mol. The van der Waals surface area contributed by atoms with Gasteiger partial charge in [0.2, 0.25) is 17.6 Å². The van der Waals surface area contributed by atoms with Gasteiger partial charge in [-0.05, 0) is 63.4 Å². The SMILES string of the molecule is Cc1ccc(OCC(C)NC(=O)C2CCCN(Cc3nc(-c4ccccc4)no3)C2)cc1C. The molecular formula is C26H32N4O3. The van der Waals surface area contributed by atoms with Gasteiger partial charge in [0.15, 0.2) is 0 Å². The van der Waals surface area contributed by atoms with Crippen molar-refractivity contribution in [3.05, 3.63) is 65.5 Å². The first-order valence-corrected chi connectivity index (χ1v) is 11.6. The Morgan fingerprint density at radius 3 is 2.82 bits per heavy atom. The second-order valence-electron chi connectivity index (χ2n) is 8.92. The topological polar surface area (TPSA) is 80.5 Å². The predicted molar refractivity (Wildman–Crippen MR) is 127 cm³/mol. The van der Waals surface area contributed by atoms with Crippen LogP contribution in [0.4, 0.5) is 0 Å². The molecule has 1 aromatic heterocycles. The van der Waals surface area contributed by atoms with Crippen molar-refractivity contribution in [1.82, 2.24) is 20.4 Å². The number of benzene rings is 2. The zero-order chi connectivity index (χ0) is 23.2. The predicted octanol–water partition coefficient (Wildman–Crippen LogP) is 4.15. The third-order valence-corrected chi connectivity index (χ3v) is 6.10. The maximum absolute atomic E-state index is 12.9. The van der Waals surface area contributed by atoms with Crippen LogP contribution in [0, 0.1) is 19.8 Å². The average molecular weight is 449 g/mol. The molecule has 0 aliphatic carbocycles. The van der Waals surface area contributed by atoms with E-state index in [1.54, 1.807) is 0 Å². The summed E-state index contributed by atoms with van der Waals surface area (Å²) in [5.41, 5.74) is 3.37. The lowest BCUT2D eigenvalue weighted by Gasteiger charge is -2.31. The van der Waals surface area contributed by atoms with Gasteiger partial charge in [-0.2, -0.15) is 4.98 Å². The first-order chi connectivity index (χ1) is 16.0. The van der Waals surface area contributed by atoms with Crippen LogP contribution in [0.1, 0.15) is 36.8 Å². The van der Waals surface area contributed by atoms with Gasteiger partial charge < -0.3 is 14.6 Å². The molecule has 3 aromatic rings. The molecule has 33 heavy (non-hydrogen) atoms. The van der Waals surface area contributed by atoms with Crippen molar-refractivity contribution in [3.8, 4) is 17.1 Å². The first kappa shape index (κ1) is 23.0. The minimum atomic E-state index is -0.0705. The molecule has 0 spiro atoms. The van der Waals surface area contributed by atoms with Crippen LogP contribution in [0.5, 0.6) is 5.75 Å². The fraction of sp³-hybridized carbons (Fsp3) is 0.423. The van der Waals surface area contributed by atoms with Gasteiger partial charge in [0.1, 0.15) is 12.4 Å². The van der Waals surface area contributed by atoms with Crippen molar-refractivity contribution in [2.45, 2.75) is 46.2 Å². The smallest absolute Gasteiger partial charge is 0.241 e. The number of rotatable bonds is 8. The average Bonchev–Trinajstić information content (AvgIpc) is 3.29. The maximum Gasteiger partial charge on any atom is 0.241 e. The number of carbonyl (C=O) groups is 1. The number of aromatic nitrogens is 2. The van der Waals surface area contributed by atoms with Crippen molar-refractivity contribution in [3.63, 3.8) is 0 Å². The van der Waals surface area contributed by atoms with E-state index >= 15 is 0 Å². The number of ether oxygens (including phenoxy) is 1. The van der Waals surface area contributed by atoms with E-state index in [0.29, 0.717) is 31.4 Å². The van der Waals surface area contributed by atoms with E-state index in [9.17, 15) is 4.79 Å². The molecule has 2 heterocycles. The van der Waals surface area contributed by atoms with Crippen molar-refractivity contribution in [2.75, 3.05) is 19.7 Å². The quantitative estimate of drug-likeness (QED) is 0.558. The number of amides is 1. The van der Waals surface area contributed by atoms with Gasteiger partial charge in [-0.1, -0.05) is 41.6 Å². The minimum Gasteiger partial charge on any atom is -0.491 e. The third-order valence-electron chi connectivity index (χ3n) is 6.10. The molecule has 2 aromatic carbocycles. The Balaban J connectivity index is 1.26. The lowest BCUT2D eigenvalue weighted by Crippen LogP contribution is -2.46. The van der Waals surface area contributed by atoms with E-state index in [1.807, 2.05) is 49.4 Å². The van der Waals surface area contributed by atoms with Crippen LogP contribution >= 0.6 is 0 Å². The Labute approximate surface area is 195 Å². The molecule has 7 nitrogen and oxygen atoms in total. The lowest BCUT2D eigenvalue weighted by molar-refractivity contribution is -0.127. The van der Waals surface area contributed by atoms with Gasteiger partial charge >= 0.3 is 0 Å². The van der Waals surface area contributed by atoms with E-state index in [-0.39, 0.29) is 17.9 Å². The minimum absolute atomic E-state index is 0.0562. The van der Waals surface area contributed by atoms with E-state index in [0.717, 1.165) is 30.7 Å². The highest BCUT2D eigenvalue weighted by atomic mass is 16.5. The van der Waals surface area contributed by atoms with Gasteiger partial charge in [0.25, 0.3) is 0 Å². The van der Waals surface area contributed by atoms with Crippen LogP contribution < -0.4 is 10.1 Å². The number of hydrogen-bond acceptors (Lipinski definition) is 6. The van der Waals surface area contributed by atoms with Crippen LogP contribution in [0.25, 0.3) is 11.4 Å². The zero-order valence-corrected chi connectivity index (χ0v) is 19.6. The fourth-order valence-electron chi connectivity index (χ4n) is 4.06. The van der Waals surface area contributed by atoms with E-state index in [4.69, 9.17) is 9.26 Å². The highest BCUT2D eigenvalue weighted by molar-refractivity contribution is 5.79. The molecule has 1 amide bonds. The normalized spacial score (nSPS) is 17.5. The lowest BCUT2D eigenvalue weighted by atomic mass is 9.97. The molecule has 1 aliphatic heterocycles. The summed E-state index contributed by atoms with van der Waals surface area (Å²) < 4.78 is 11.3. The second-order valence-corrected chi connectivity index (χ2v) is 8.92. The summed E-state index contributed by atoms with van der Waals surface area (Å²) in [6, 6.07) is 15.8. The number of carbonyl (C=O) groups excluding carboxylic acids is 1. The number of aryl methyl sites for hydroxylation is 2. The molecule has 0 saturated carbocycles. The second kappa shape index (κ2) is 10.6. The number of likely N-dealkylation sites (tertiary alicyclic amines) is 1. The van der Waals surface area contributed by atoms with E-state index < -0.39 is 0 Å². The Morgan fingerprint density at radius 1 is 1.21 bits per heavy atom. The van der Waals surface area contributed by atoms with Gasteiger partial charge in [-0.25, -0.2) is 0 Å². The summed E-state index contributed by atoms with van der Waals surface area (Å²) in [5.74, 6) is 2.02. The van der Waals surface area contributed by atoms with Gasteiger partial charge in [-0.15, -0.1) is 0 Å². The summed E-state index contributed by atoms with van der Waals surface area (Å²) >= 11 is 0. The number of nitrogens with one attached hydrogen (secondary N) is 1. The fourth-order valence-corrected chi connectivity index (χ4v) is 4.06.